The van der Waals surface area contributed by atoms with Gasteiger partial charge in [-0.25, -0.2) is 0 Å². The van der Waals surface area contributed by atoms with Crippen molar-refractivity contribution < 1.29 is 9.84 Å². The summed E-state index contributed by atoms with van der Waals surface area (Å²) in [6.45, 7) is 4.18. The highest BCUT2D eigenvalue weighted by Crippen LogP contribution is 2.38. The maximum atomic E-state index is 10.2. The first-order chi connectivity index (χ1) is 10.6. The largest absolute Gasteiger partial charge is 0.507 e. The van der Waals surface area contributed by atoms with E-state index in [0.29, 0.717) is 5.75 Å². The number of aryl methyl sites for hydroxylation is 2. The monoisotopic (exact) mass is 294 g/mol. The van der Waals surface area contributed by atoms with Gasteiger partial charge in [-0.15, -0.1) is 0 Å². The van der Waals surface area contributed by atoms with Crippen LogP contribution in [0.5, 0.6) is 11.5 Å². The van der Waals surface area contributed by atoms with E-state index in [9.17, 15) is 5.11 Å². The topological polar surface area (TPSA) is 29.5 Å². The molecule has 1 aliphatic rings. The van der Waals surface area contributed by atoms with Crippen LogP contribution in [0, 0.1) is 0 Å². The van der Waals surface area contributed by atoms with Gasteiger partial charge in [0.05, 0.1) is 5.56 Å². The highest BCUT2D eigenvalue weighted by Gasteiger charge is 2.26. The second kappa shape index (κ2) is 5.88. The van der Waals surface area contributed by atoms with Gasteiger partial charge in [0.15, 0.2) is 0 Å². The van der Waals surface area contributed by atoms with Crippen molar-refractivity contribution in [1.29, 1.82) is 0 Å². The minimum Gasteiger partial charge on any atom is -0.507 e. The first-order valence-corrected chi connectivity index (χ1v) is 7.88. The maximum Gasteiger partial charge on any atom is 0.131 e. The second-order valence-corrected chi connectivity index (χ2v) is 6.11. The molecule has 0 saturated carbocycles. The summed E-state index contributed by atoms with van der Waals surface area (Å²) in [5, 5.41) is 10.2. The van der Waals surface area contributed by atoms with Crippen molar-refractivity contribution in [3.63, 3.8) is 0 Å². The first-order valence-electron chi connectivity index (χ1n) is 7.88. The van der Waals surface area contributed by atoms with Crippen molar-refractivity contribution in [3.05, 3.63) is 65.2 Å². The molecule has 0 aromatic heterocycles. The summed E-state index contributed by atoms with van der Waals surface area (Å²) < 4.78 is 6.10. The predicted molar refractivity (Wildman–Crippen MR) is 90.3 cm³/mol. The van der Waals surface area contributed by atoms with Crippen LogP contribution in [0.25, 0.3) is 6.08 Å². The van der Waals surface area contributed by atoms with Crippen LogP contribution in [0.15, 0.2) is 48.5 Å². The van der Waals surface area contributed by atoms with Crippen LogP contribution in [-0.2, 0) is 12.8 Å². The summed E-state index contributed by atoms with van der Waals surface area (Å²) in [5.74, 6) is 1.09. The van der Waals surface area contributed by atoms with Crippen LogP contribution >= 0.6 is 0 Å². The van der Waals surface area contributed by atoms with Gasteiger partial charge in [0.1, 0.15) is 17.1 Å². The summed E-state index contributed by atoms with van der Waals surface area (Å²) in [4.78, 5) is 0. The van der Waals surface area contributed by atoms with Gasteiger partial charge in [0.25, 0.3) is 0 Å². The van der Waals surface area contributed by atoms with Crippen LogP contribution < -0.4 is 4.74 Å². The molecule has 0 bridgehead atoms. The van der Waals surface area contributed by atoms with E-state index < -0.39 is 0 Å². The Labute approximate surface area is 132 Å². The number of aromatic hydroxyl groups is 1. The molecule has 2 nitrogen and oxygen atoms in total. The van der Waals surface area contributed by atoms with E-state index in [0.717, 1.165) is 36.1 Å². The third kappa shape index (κ3) is 3.01. The first kappa shape index (κ1) is 14.7. The molecule has 2 heteroatoms. The molecule has 1 N–H and O–H groups in total. The zero-order valence-electron chi connectivity index (χ0n) is 13.2. The summed E-state index contributed by atoms with van der Waals surface area (Å²) in [7, 11) is 0. The van der Waals surface area contributed by atoms with Crippen LogP contribution in [0.2, 0.25) is 0 Å². The lowest BCUT2D eigenvalue weighted by molar-refractivity contribution is 0.133. The molecule has 1 unspecified atom stereocenters. The Morgan fingerprint density at radius 3 is 2.50 bits per heavy atom. The zero-order valence-corrected chi connectivity index (χ0v) is 13.2. The smallest absolute Gasteiger partial charge is 0.131 e. The number of benzene rings is 2. The average Bonchev–Trinajstić information content (AvgIpc) is 2.53. The van der Waals surface area contributed by atoms with E-state index in [2.05, 4.69) is 44.2 Å². The number of phenols is 1. The molecule has 0 aliphatic carbocycles. The Balaban J connectivity index is 1.82. The molecule has 1 aliphatic heterocycles. The highest BCUT2D eigenvalue weighted by atomic mass is 16.5. The number of ether oxygens (including phenoxy) is 1. The van der Waals surface area contributed by atoms with Gasteiger partial charge in [-0.3, -0.25) is 0 Å². The summed E-state index contributed by atoms with van der Waals surface area (Å²) >= 11 is 0. The minimum absolute atomic E-state index is 0.280. The van der Waals surface area contributed by atoms with Crippen molar-refractivity contribution in [2.45, 2.75) is 38.7 Å². The van der Waals surface area contributed by atoms with E-state index >= 15 is 0 Å². The Morgan fingerprint density at radius 1 is 1.05 bits per heavy atom. The molecular weight excluding hydrogens is 272 g/mol. The molecule has 3 rings (SSSR count). The maximum absolute atomic E-state index is 10.2. The normalized spacial score (nSPS) is 19.5. The molecule has 0 radical (unpaired) electrons. The van der Waals surface area contributed by atoms with Crippen molar-refractivity contribution in [2.75, 3.05) is 0 Å². The molecule has 0 spiro atoms. The van der Waals surface area contributed by atoms with Gasteiger partial charge in [0.2, 0.25) is 0 Å². The second-order valence-electron chi connectivity index (χ2n) is 6.11. The number of hydrogen-bond acceptors (Lipinski definition) is 2. The van der Waals surface area contributed by atoms with Crippen LogP contribution in [0.4, 0.5) is 0 Å². The summed E-state index contributed by atoms with van der Waals surface area (Å²) in [5.41, 5.74) is 2.92. The summed E-state index contributed by atoms with van der Waals surface area (Å²) in [6.07, 6.45) is 6.75. The van der Waals surface area contributed by atoms with Crippen LogP contribution in [0.1, 0.15) is 37.0 Å². The Bertz CT molecular complexity index is 688. The standard InChI is InChI=1S/C20H22O2/c1-3-20(2)12-11-17-18(21)13-16(14-19(17)22-20)10-9-15-7-5-4-6-8-15/h4-8,11-14,21H,3,9-10H2,1-2H3. The van der Waals surface area contributed by atoms with Gasteiger partial charge in [-0.1, -0.05) is 37.3 Å². The number of phenolic OH excluding ortho intramolecular Hbond substituents is 1. The lowest BCUT2D eigenvalue weighted by Crippen LogP contribution is -2.30. The molecule has 0 fully saturated rings. The van der Waals surface area contributed by atoms with Crippen molar-refractivity contribution >= 4 is 6.08 Å². The Morgan fingerprint density at radius 2 is 1.77 bits per heavy atom. The zero-order chi connectivity index (χ0) is 15.6. The molecule has 0 saturated heterocycles. The molecule has 1 atom stereocenters. The molecule has 1 heterocycles. The highest BCUT2D eigenvalue weighted by molar-refractivity contribution is 5.67. The third-order valence-corrected chi connectivity index (χ3v) is 4.37. The predicted octanol–water partition coefficient (Wildman–Crippen LogP) is 4.75. The Kier molecular flexibility index (Phi) is 3.93. The molecular formula is C20H22O2. The SMILES string of the molecule is CCC1(C)C=Cc2c(O)cc(CCc3ccccc3)cc2O1. The van der Waals surface area contributed by atoms with E-state index in [1.54, 1.807) is 0 Å². The molecule has 0 amide bonds. The Hall–Kier alpha value is -2.22. The number of rotatable bonds is 4. The van der Waals surface area contributed by atoms with Crippen molar-refractivity contribution in [3.8, 4) is 11.5 Å². The van der Waals surface area contributed by atoms with Gasteiger partial charge in [-0.05, 0) is 61.6 Å². The quantitative estimate of drug-likeness (QED) is 0.881. The summed E-state index contributed by atoms with van der Waals surface area (Å²) in [6, 6.07) is 14.3. The van der Waals surface area contributed by atoms with E-state index in [1.165, 1.54) is 5.56 Å². The molecule has 2 aromatic carbocycles. The lowest BCUT2D eigenvalue weighted by Gasteiger charge is -2.31. The van der Waals surface area contributed by atoms with Crippen LogP contribution in [0.3, 0.4) is 0 Å². The minimum atomic E-state index is -0.280. The fraction of sp³-hybridized carbons (Fsp3) is 0.300. The third-order valence-electron chi connectivity index (χ3n) is 4.37. The van der Waals surface area contributed by atoms with Crippen molar-refractivity contribution in [1.82, 2.24) is 0 Å². The van der Waals surface area contributed by atoms with Gasteiger partial charge >= 0.3 is 0 Å². The van der Waals surface area contributed by atoms with Gasteiger partial charge < -0.3 is 9.84 Å². The molecule has 114 valence electrons. The number of fused-ring (bicyclic) bond motifs is 1. The van der Waals surface area contributed by atoms with Gasteiger partial charge in [-0.2, -0.15) is 0 Å². The lowest BCUT2D eigenvalue weighted by atomic mass is 9.95. The van der Waals surface area contributed by atoms with Crippen LogP contribution in [-0.4, -0.2) is 10.7 Å². The van der Waals surface area contributed by atoms with E-state index in [1.807, 2.05) is 24.3 Å². The van der Waals surface area contributed by atoms with E-state index in [-0.39, 0.29) is 5.60 Å². The molecule has 2 aromatic rings. The fourth-order valence-electron chi connectivity index (χ4n) is 2.73. The number of hydrogen-bond donors (Lipinski definition) is 1. The fourth-order valence-corrected chi connectivity index (χ4v) is 2.73. The van der Waals surface area contributed by atoms with E-state index in [4.69, 9.17) is 4.74 Å². The molecule has 22 heavy (non-hydrogen) atoms. The van der Waals surface area contributed by atoms with Crippen molar-refractivity contribution in [2.24, 2.45) is 0 Å². The average molecular weight is 294 g/mol. The van der Waals surface area contributed by atoms with Gasteiger partial charge in [0, 0.05) is 0 Å².